The van der Waals surface area contributed by atoms with Crippen molar-refractivity contribution in [2.24, 2.45) is 10.9 Å². The Morgan fingerprint density at radius 1 is 1.33 bits per heavy atom. The molecule has 27 heavy (non-hydrogen) atoms. The zero-order valence-corrected chi connectivity index (χ0v) is 17.2. The van der Waals surface area contributed by atoms with Gasteiger partial charge in [0.15, 0.2) is 5.96 Å². The fourth-order valence-corrected chi connectivity index (χ4v) is 3.29. The number of esters is 1. The normalized spacial score (nSPS) is 20.6. The third-order valence-electron chi connectivity index (χ3n) is 5.05. The van der Waals surface area contributed by atoms with Crippen LogP contribution in [0, 0.1) is 5.92 Å². The van der Waals surface area contributed by atoms with E-state index in [-0.39, 0.29) is 0 Å². The second kappa shape index (κ2) is 9.60. The Hall–Kier alpha value is -2.28. The van der Waals surface area contributed by atoms with Crippen LogP contribution in [-0.4, -0.2) is 63.3 Å². The van der Waals surface area contributed by atoms with Crippen LogP contribution in [0.5, 0.6) is 5.75 Å². The maximum absolute atomic E-state index is 11.8. The number of carbonyl (C=O) groups is 1. The van der Waals surface area contributed by atoms with Gasteiger partial charge in [0.1, 0.15) is 11.3 Å². The van der Waals surface area contributed by atoms with Gasteiger partial charge in [-0.25, -0.2) is 4.79 Å². The molecule has 1 aromatic rings. The number of carbonyl (C=O) groups excluding carboxylic acids is 1. The summed E-state index contributed by atoms with van der Waals surface area (Å²) in [6.45, 7) is 9.41. The molecule has 7 nitrogen and oxygen atoms in total. The minimum Gasteiger partial charge on any atom is -0.496 e. The molecule has 0 aromatic heterocycles. The third kappa shape index (κ3) is 5.35. The molecule has 1 aliphatic rings. The molecule has 1 aliphatic heterocycles. The van der Waals surface area contributed by atoms with E-state index >= 15 is 0 Å². The van der Waals surface area contributed by atoms with Crippen molar-refractivity contribution in [3.63, 3.8) is 0 Å². The van der Waals surface area contributed by atoms with Crippen molar-refractivity contribution in [2.45, 2.75) is 39.4 Å². The van der Waals surface area contributed by atoms with Crippen LogP contribution in [0.1, 0.15) is 36.7 Å². The molecule has 0 radical (unpaired) electrons. The summed E-state index contributed by atoms with van der Waals surface area (Å²) in [5.41, 5.74) is 1.41. The van der Waals surface area contributed by atoms with Gasteiger partial charge in [0.2, 0.25) is 0 Å². The zero-order valence-electron chi connectivity index (χ0n) is 17.2. The van der Waals surface area contributed by atoms with Crippen LogP contribution in [0.3, 0.4) is 0 Å². The van der Waals surface area contributed by atoms with Gasteiger partial charge < -0.3 is 20.1 Å². The van der Waals surface area contributed by atoms with Gasteiger partial charge in [-0.2, -0.15) is 0 Å². The molecule has 2 rings (SSSR count). The Labute approximate surface area is 162 Å². The van der Waals surface area contributed by atoms with Crippen molar-refractivity contribution in [3.8, 4) is 5.75 Å². The smallest absolute Gasteiger partial charge is 0.341 e. The molecular weight excluding hydrogens is 344 g/mol. The van der Waals surface area contributed by atoms with Gasteiger partial charge in [0, 0.05) is 38.8 Å². The minimum atomic E-state index is -0.409. The standard InChI is InChI=1S/C20H32N4O3/c1-13(2)24-11-14(3)17(12-24)23-20(21-4)22-10-15-7-8-16(19(25)27-6)18(9-15)26-5/h7-9,13-14,17H,10-12H2,1-6H3,(H2,21,22,23). The van der Waals surface area contributed by atoms with Gasteiger partial charge in [0.05, 0.1) is 14.2 Å². The molecule has 150 valence electrons. The number of hydrogen-bond donors (Lipinski definition) is 2. The van der Waals surface area contributed by atoms with Crippen molar-refractivity contribution >= 4 is 11.9 Å². The Balaban J connectivity index is 1.97. The van der Waals surface area contributed by atoms with Gasteiger partial charge in [0.25, 0.3) is 0 Å². The van der Waals surface area contributed by atoms with E-state index < -0.39 is 5.97 Å². The maximum Gasteiger partial charge on any atom is 0.341 e. The fraction of sp³-hybridized carbons (Fsp3) is 0.600. The molecule has 1 fully saturated rings. The summed E-state index contributed by atoms with van der Waals surface area (Å²) in [5, 5.41) is 6.87. The van der Waals surface area contributed by atoms with Crippen molar-refractivity contribution in [2.75, 3.05) is 34.4 Å². The largest absolute Gasteiger partial charge is 0.496 e. The Morgan fingerprint density at radius 3 is 2.63 bits per heavy atom. The van der Waals surface area contributed by atoms with E-state index in [1.54, 1.807) is 20.2 Å². The van der Waals surface area contributed by atoms with E-state index in [9.17, 15) is 4.79 Å². The summed E-state index contributed by atoms with van der Waals surface area (Å²) in [5.74, 6) is 1.42. The molecule has 0 aliphatic carbocycles. The van der Waals surface area contributed by atoms with Crippen molar-refractivity contribution in [3.05, 3.63) is 29.3 Å². The number of methoxy groups -OCH3 is 2. The van der Waals surface area contributed by atoms with E-state index in [1.165, 1.54) is 7.11 Å². The zero-order chi connectivity index (χ0) is 20.0. The van der Waals surface area contributed by atoms with Gasteiger partial charge in [-0.3, -0.25) is 9.89 Å². The molecule has 2 unspecified atom stereocenters. The number of rotatable bonds is 6. The van der Waals surface area contributed by atoms with E-state index in [0.717, 1.165) is 24.6 Å². The van der Waals surface area contributed by atoms with Crippen molar-refractivity contribution in [1.29, 1.82) is 0 Å². The molecule has 7 heteroatoms. The third-order valence-corrected chi connectivity index (χ3v) is 5.05. The molecule has 0 saturated carbocycles. The number of nitrogens with one attached hydrogen (secondary N) is 2. The maximum atomic E-state index is 11.8. The highest BCUT2D eigenvalue weighted by molar-refractivity contribution is 5.92. The van der Waals surface area contributed by atoms with E-state index in [4.69, 9.17) is 9.47 Å². The number of aliphatic imine (C=N–C) groups is 1. The summed E-state index contributed by atoms with van der Waals surface area (Å²) >= 11 is 0. The summed E-state index contributed by atoms with van der Waals surface area (Å²) in [6.07, 6.45) is 0. The van der Waals surface area contributed by atoms with Crippen LogP contribution in [0.15, 0.2) is 23.2 Å². The molecule has 0 spiro atoms. The fourth-order valence-electron chi connectivity index (χ4n) is 3.29. The number of guanidine groups is 1. The second-order valence-electron chi connectivity index (χ2n) is 7.23. The summed E-state index contributed by atoms with van der Waals surface area (Å²) in [6, 6.07) is 6.36. The first kappa shape index (κ1) is 21.0. The van der Waals surface area contributed by atoms with Crippen LogP contribution in [0.25, 0.3) is 0 Å². The van der Waals surface area contributed by atoms with Gasteiger partial charge in [-0.15, -0.1) is 0 Å². The average molecular weight is 377 g/mol. The van der Waals surface area contributed by atoms with Gasteiger partial charge in [-0.05, 0) is 37.5 Å². The lowest BCUT2D eigenvalue weighted by atomic mass is 10.1. The molecule has 1 heterocycles. The van der Waals surface area contributed by atoms with E-state index in [2.05, 4.69) is 41.3 Å². The highest BCUT2D eigenvalue weighted by Gasteiger charge is 2.31. The molecule has 0 bridgehead atoms. The number of hydrogen-bond acceptors (Lipinski definition) is 5. The summed E-state index contributed by atoms with van der Waals surface area (Å²) < 4.78 is 10.1. The van der Waals surface area contributed by atoms with E-state index in [0.29, 0.717) is 35.9 Å². The van der Waals surface area contributed by atoms with Crippen LogP contribution in [0.4, 0.5) is 0 Å². The lowest BCUT2D eigenvalue weighted by Gasteiger charge is -2.22. The van der Waals surface area contributed by atoms with Crippen LogP contribution >= 0.6 is 0 Å². The number of ether oxygens (including phenoxy) is 2. The molecule has 2 N–H and O–H groups in total. The first-order chi connectivity index (χ1) is 12.9. The Kier molecular flexibility index (Phi) is 7.47. The monoisotopic (exact) mass is 376 g/mol. The average Bonchev–Trinajstić information content (AvgIpc) is 3.04. The molecule has 1 saturated heterocycles. The highest BCUT2D eigenvalue weighted by Crippen LogP contribution is 2.21. The lowest BCUT2D eigenvalue weighted by Crippen LogP contribution is -2.46. The first-order valence-corrected chi connectivity index (χ1v) is 9.36. The number of likely N-dealkylation sites (tertiary alicyclic amines) is 1. The summed E-state index contributed by atoms with van der Waals surface area (Å²) in [4.78, 5) is 18.6. The minimum absolute atomic E-state index is 0.370. The van der Waals surface area contributed by atoms with E-state index in [1.807, 2.05) is 12.1 Å². The van der Waals surface area contributed by atoms with Crippen molar-refractivity contribution < 1.29 is 14.3 Å². The Morgan fingerprint density at radius 2 is 2.07 bits per heavy atom. The lowest BCUT2D eigenvalue weighted by molar-refractivity contribution is 0.0597. The second-order valence-corrected chi connectivity index (χ2v) is 7.23. The van der Waals surface area contributed by atoms with Crippen LogP contribution in [0.2, 0.25) is 0 Å². The molecule has 2 atom stereocenters. The molecule has 0 amide bonds. The number of nitrogens with zero attached hydrogens (tertiary/aromatic N) is 2. The van der Waals surface area contributed by atoms with Crippen LogP contribution < -0.4 is 15.4 Å². The SMILES string of the molecule is CN=C(NCc1ccc(C(=O)OC)c(OC)c1)NC1CN(C(C)C)CC1C. The first-order valence-electron chi connectivity index (χ1n) is 9.36. The van der Waals surface area contributed by atoms with Gasteiger partial charge in [-0.1, -0.05) is 13.0 Å². The highest BCUT2D eigenvalue weighted by atomic mass is 16.5. The molecular formula is C20H32N4O3. The Bertz CT molecular complexity index is 675. The van der Waals surface area contributed by atoms with Gasteiger partial charge >= 0.3 is 5.97 Å². The topological polar surface area (TPSA) is 75.2 Å². The van der Waals surface area contributed by atoms with Crippen molar-refractivity contribution in [1.82, 2.24) is 15.5 Å². The summed E-state index contributed by atoms with van der Waals surface area (Å²) in [7, 11) is 4.68. The number of benzene rings is 1. The predicted molar refractivity (Wildman–Crippen MR) is 107 cm³/mol. The quantitative estimate of drug-likeness (QED) is 0.449. The van der Waals surface area contributed by atoms with Crippen LogP contribution in [-0.2, 0) is 11.3 Å². The predicted octanol–water partition coefficient (Wildman–Crippen LogP) is 1.88. The molecule has 1 aromatic carbocycles.